The molecule has 3 heteroatoms. The fourth-order valence-corrected chi connectivity index (χ4v) is 3.77. The quantitative estimate of drug-likeness (QED) is 0.810. The standard InChI is InChI=1S/C15H25N3/c16-12-15(17-14-5-6-14)8-3-4-13(15)7-11-18-9-1-2-10-18/h13-14,17H,1-11H2. The topological polar surface area (TPSA) is 39.1 Å². The smallest absolute Gasteiger partial charge is 0.109 e. The first-order valence-corrected chi connectivity index (χ1v) is 7.74. The Bertz CT molecular complexity index is 325. The molecular weight excluding hydrogens is 222 g/mol. The van der Waals surface area contributed by atoms with E-state index in [0.717, 1.165) is 6.42 Å². The highest BCUT2D eigenvalue weighted by atomic mass is 15.1. The minimum Gasteiger partial charge on any atom is -0.303 e. The van der Waals surface area contributed by atoms with Crippen molar-refractivity contribution in [2.75, 3.05) is 19.6 Å². The summed E-state index contributed by atoms with van der Waals surface area (Å²) >= 11 is 0. The first-order chi connectivity index (χ1) is 8.82. The molecule has 18 heavy (non-hydrogen) atoms. The molecule has 0 spiro atoms. The van der Waals surface area contributed by atoms with Crippen LogP contribution in [0.3, 0.4) is 0 Å². The van der Waals surface area contributed by atoms with E-state index in [1.165, 1.54) is 64.6 Å². The van der Waals surface area contributed by atoms with Gasteiger partial charge in [-0.1, -0.05) is 6.42 Å². The Morgan fingerprint density at radius 2 is 1.94 bits per heavy atom. The molecule has 2 aliphatic carbocycles. The van der Waals surface area contributed by atoms with E-state index in [2.05, 4.69) is 16.3 Å². The van der Waals surface area contributed by atoms with E-state index in [-0.39, 0.29) is 5.54 Å². The highest BCUT2D eigenvalue weighted by Gasteiger charge is 2.45. The van der Waals surface area contributed by atoms with Crippen LogP contribution in [0.25, 0.3) is 0 Å². The third-order valence-corrected chi connectivity index (χ3v) is 5.05. The van der Waals surface area contributed by atoms with Crippen molar-refractivity contribution in [3.05, 3.63) is 0 Å². The van der Waals surface area contributed by atoms with Crippen LogP contribution in [-0.4, -0.2) is 36.1 Å². The Hall–Kier alpha value is -0.590. The van der Waals surface area contributed by atoms with E-state index in [4.69, 9.17) is 0 Å². The molecule has 0 aromatic heterocycles. The molecule has 3 fully saturated rings. The maximum atomic E-state index is 9.63. The van der Waals surface area contributed by atoms with Crippen LogP contribution in [0.4, 0.5) is 0 Å². The van der Waals surface area contributed by atoms with Gasteiger partial charge in [-0.25, -0.2) is 0 Å². The predicted molar refractivity (Wildman–Crippen MR) is 72.1 cm³/mol. The summed E-state index contributed by atoms with van der Waals surface area (Å²) in [5.74, 6) is 0.587. The molecule has 3 nitrogen and oxygen atoms in total. The molecule has 0 amide bonds. The SMILES string of the molecule is N#CC1(NC2CC2)CCCC1CCN1CCCC1. The molecule has 2 saturated carbocycles. The van der Waals surface area contributed by atoms with Crippen molar-refractivity contribution in [3.63, 3.8) is 0 Å². The van der Waals surface area contributed by atoms with E-state index in [0.29, 0.717) is 12.0 Å². The molecule has 0 aromatic rings. The zero-order valence-corrected chi connectivity index (χ0v) is 11.3. The molecule has 0 aromatic carbocycles. The van der Waals surface area contributed by atoms with Crippen LogP contribution in [0, 0.1) is 17.2 Å². The van der Waals surface area contributed by atoms with Crippen molar-refractivity contribution >= 4 is 0 Å². The second-order valence-corrected chi connectivity index (χ2v) is 6.43. The summed E-state index contributed by atoms with van der Waals surface area (Å²) in [6.07, 6.45) is 10.1. The number of rotatable bonds is 5. The van der Waals surface area contributed by atoms with Gasteiger partial charge >= 0.3 is 0 Å². The fraction of sp³-hybridized carbons (Fsp3) is 0.933. The van der Waals surface area contributed by atoms with Gasteiger partial charge in [-0.15, -0.1) is 0 Å². The molecule has 3 aliphatic rings. The lowest BCUT2D eigenvalue weighted by Crippen LogP contribution is -2.48. The summed E-state index contributed by atoms with van der Waals surface area (Å²) in [5, 5.41) is 13.3. The van der Waals surface area contributed by atoms with Crippen molar-refractivity contribution in [1.29, 1.82) is 5.26 Å². The van der Waals surface area contributed by atoms with E-state index in [1.54, 1.807) is 0 Å². The van der Waals surface area contributed by atoms with Gasteiger partial charge in [-0.05, 0) is 70.5 Å². The first-order valence-electron chi connectivity index (χ1n) is 7.74. The second-order valence-electron chi connectivity index (χ2n) is 6.43. The van der Waals surface area contributed by atoms with E-state index < -0.39 is 0 Å². The molecular formula is C15H25N3. The lowest BCUT2D eigenvalue weighted by Gasteiger charge is -2.31. The summed E-state index contributed by atoms with van der Waals surface area (Å²) in [5.41, 5.74) is -0.180. The first kappa shape index (κ1) is 12.4. The lowest BCUT2D eigenvalue weighted by atomic mass is 9.85. The number of hydrogen-bond donors (Lipinski definition) is 1. The van der Waals surface area contributed by atoms with Crippen LogP contribution < -0.4 is 5.32 Å². The molecule has 0 bridgehead atoms. The molecule has 1 saturated heterocycles. The summed E-state index contributed by atoms with van der Waals surface area (Å²) in [6, 6.07) is 3.29. The van der Waals surface area contributed by atoms with Crippen molar-refractivity contribution < 1.29 is 0 Å². The largest absolute Gasteiger partial charge is 0.303 e. The molecule has 2 atom stereocenters. The van der Waals surface area contributed by atoms with Crippen LogP contribution in [0.1, 0.15) is 51.4 Å². The number of hydrogen-bond acceptors (Lipinski definition) is 3. The predicted octanol–water partition coefficient (Wildman–Crippen LogP) is 2.29. The highest BCUT2D eigenvalue weighted by Crippen LogP contribution is 2.40. The summed E-state index contributed by atoms with van der Waals surface area (Å²) in [4.78, 5) is 2.58. The van der Waals surface area contributed by atoms with E-state index in [9.17, 15) is 5.26 Å². The average molecular weight is 247 g/mol. The Kier molecular flexibility index (Phi) is 3.59. The van der Waals surface area contributed by atoms with Gasteiger partial charge in [0.05, 0.1) is 6.07 Å². The van der Waals surface area contributed by atoms with Crippen LogP contribution in [0.5, 0.6) is 0 Å². The molecule has 1 heterocycles. The molecule has 0 radical (unpaired) electrons. The Morgan fingerprint density at radius 3 is 2.61 bits per heavy atom. The van der Waals surface area contributed by atoms with Gasteiger partial charge in [0.15, 0.2) is 0 Å². The van der Waals surface area contributed by atoms with E-state index >= 15 is 0 Å². The third kappa shape index (κ3) is 2.55. The molecule has 100 valence electrons. The summed E-state index contributed by atoms with van der Waals surface area (Å²) in [6.45, 7) is 3.77. The molecule has 2 unspecified atom stereocenters. The Balaban J connectivity index is 1.56. The monoisotopic (exact) mass is 247 g/mol. The van der Waals surface area contributed by atoms with Crippen LogP contribution in [0.15, 0.2) is 0 Å². The Labute approximate surface area is 111 Å². The van der Waals surface area contributed by atoms with Crippen molar-refractivity contribution in [1.82, 2.24) is 10.2 Å². The van der Waals surface area contributed by atoms with Gasteiger partial charge < -0.3 is 4.90 Å². The fourth-order valence-electron chi connectivity index (χ4n) is 3.77. The zero-order chi connectivity index (χ0) is 12.4. The van der Waals surface area contributed by atoms with Gasteiger partial charge in [-0.2, -0.15) is 5.26 Å². The summed E-state index contributed by atoms with van der Waals surface area (Å²) in [7, 11) is 0. The number of nitriles is 1. The van der Waals surface area contributed by atoms with Gasteiger partial charge in [0.2, 0.25) is 0 Å². The molecule has 1 aliphatic heterocycles. The number of nitrogens with one attached hydrogen (secondary N) is 1. The molecule has 3 rings (SSSR count). The normalized spacial score (nSPS) is 36.9. The average Bonchev–Trinajstić information content (AvgIpc) is 2.91. The summed E-state index contributed by atoms with van der Waals surface area (Å²) < 4.78 is 0. The van der Waals surface area contributed by atoms with E-state index in [1.807, 2.05) is 0 Å². The minimum absolute atomic E-state index is 0.180. The lowest BCUT2D eigenvalue weighted by molar-refractivity contribution is 0.248. The van der Waals surface area contributed by atoms with Gasteiger partial charge in [0.25, 0.3) is 0 Å². The van der Waals surface area contributed by atoms with Gasteiger partial charge in [0, 0.05) is 6.04 Å². The van der Waals surface area contributed by atoms with Crippen LogP contribution in [0.2, 0.25) is 0 Å². The number of nitrogens with zero attached hydrogens (tertiary/aromatic N) is 2. The molecule has 1 N–H and O–H groups in total. The zero-order valence-electron chi connectivity index (χ0n) is 11.3. The van der Waals surface area contributed by atoms with Gasteiger partial charge in [-0.3, -0.25) is 5.32 Å². The Morgan fingerprint density at radius 1 is 1.17 bits per heavy atom. The minimum atomic E-state index is -0.180. The van der Waals surface area contributed by atoms with Crippen LogP contribution >= 0.6 is 0 Å². The second kappa shape index (κ2) is 5.19. The van der Waals surface area contributed by atoms with Crippen molar-refractivity contribution in [2.24, 2.45) is 5.92 Å². The van der Waals surface area contributed by atoms with Crippen LogP contribution in [-0.2, 0) is 0 Å². The van der Waals surface area contributed by atoms with Crippen molar-refractivity contribution in [2.45, 2.75) is 62.9 Å². The highest BCUT2D eigenvalue weighted by molar-refractivity contribution is 5.16. The number of likely N-dealkylation sites (tertiary alicyclic amines) is 1. The maximum absolute atomic E-state index is 9.63. The maximum Gasteiger partial charge on any atom is 0.109 e. The third-order valence-electron chi connectivity index (χ3n) is 5.05. The van der Waals surface area contributed by atoms with Gasteiger partial charge in [0.1, 0.15) is 5.54 Å². The van der Waals surface area contributed by atoms with Crippen molar-refractivity contribution in [3.8, 4) is 6.07 Å².